The predicted octanol–water partition coefficient (Wildman–Crippen LogP) is 1.32. The zero-order valence-corrected chi connectivity index (χ0v) is 12.6. The molecule has 0 radical (unpaired) electrons. The van der Waals surface area contributed by atoms with E-state index in [1.54, 1.807) is 0 Å². The summed E-state index contributed by atoms with van der Waals surface area (Å²) >= 11 is 0. The number of carbonyl (C=O) groups is 1. The van der Waals surface area contributed by atoms with E-state index in [1.807, 2.05) is 31.2 Å². The SMILES string of the molecule is CC(C(=O)Nc1cccc(CN)c1)N(CCO)C1CCC1. The molecule has 0 saturated heterocycles. The Bertz CT molecular complexity index is 474. The van der Waals surface area contributed by atoms with Crippen molar-refractivity contribution in [3.8, 4) is 0 Å². The van der Waals surface area contributed by atoms with Crippen molar-refractivity contribution in [1.29, 1.82) is 0 Å². The van der Waals surface area contributed by atoms with Crippen LogP contribution in [0.1, 0.15) is 31.7 Å². The maximum atomic E-state index is 12.4. The lowest BCUT2D eigenvalue weighted by molar-refractivity contribution is -0.122. The molecule has 4 N–H and O–H groups in total. The van der Waals surface area contributed by atoms with Crippen LogP contribution in [-0.4, -0.2) is 41.1 Å². The number of rotatable bonds is 7. The molecule has 5 heteroatoms. The smallest absolute Gasteiger partial charge is 0.241 e. The number of aliphatic hydroxyl groups excluding tert-OH is 1. The van der Waals surface area contributed by atoms with Crippen LogP contribution in [0.4, 0.5) is 5.69 Å². The summed E-state index contributed by atoms with van der Waals surface area (Å²) in [6, 6.07) is 7.76. The molecule has 116 valence electrons. The molecule has 2 rings (SSSR count). The number of nitrogens with two attached hydrogens (primary N) is 1. The highest BCUT2D eigenvalue weighted by molar-refractivity contribution is 5.94. The number of aliphatic hydroxyl groups is 1. The number of hydrogen-bond acceptors (Lipinski definition) is 4. The van der Waals surface area contributed by atoms with E-state index in [1.165, 1.54) is 6.42 Å². The number of anilines is 1. The van der Waals surface area contributed by atoms with Crippen LogP contribution in [0.5, 0.6) is 0 Å². The van der Waals surface area contributed by atoms with Crippen LogP contribution in [0.15, 0.2) is 24.3 Å². The second kappa shape index (κ2) is 7.54. The minimum atomic E-state index is -0.246. The maximum Gasteiger partial charge on any atom is 0.241 e. The Morgan fingerprint density at radius 3 is 2.86 bits per heavy atom. The van der Waals surface area contributed by atoms with Gasteiger partial charge in [-0.2, -0.15) is 0 Å². The van der Waals surface area contributed by atoms with Gasteiger partial charge < -0.3 is 16.2 Å². The van der Waals surface area contributed by atoms with E-state index in [4.69, 9.17) is 5.73 Å². The fourth-order valence-corrected chi connectivity index (χ4v) is 2.70. The van der Waals surface area contributed by atoms with Crippen molar-refractivity contribution in [3.05, 3.63) is 29.8 Å². The van der Waals surface area contributed by atoms with Gasteiger partial charge in [-0.1, -0.05) is 18.6 Å². The fourth-order valence-electron chi connectivity index (χ4n) is 2.70. The number of nitrogens with zero attached hydrogens (tertiary/aromatic N) is 1. The Kier molecular flexibility index (Phi) is 5.73. The van der Waals surface area contributed by atoms with Crippen molar-refractivity contribution in [2.75, 3.05) is 18.5 Å². The molecule has 0 bridgehead atoms. The third-order valence-corrected chi connectivity index (χ3v) is 4.21. The fraction of sp³-hybridized carbons (Fsp3) is 0.562. The molecule has 0 aliphatic heterocycles. The van der Waals surface area contributed by atoms with Crippen molar-refractivity contribution in [3.63, 3.8) is 0 Å². The van der Waals surface area contributed by atoms with Crippen LogP contribution >= 0.6 is 0 Å². The van der Waals surface area contributed by atoms with Crippen molar-refractivity contribution in [2.24, 2.45) is 5.73 Å². The second-order valence-corrected chi connectivity index (χ2v) is 5.62. The molecule has 1 saturated carbocycles. The molecule has 1 fully saturated rings. The van der Waals surface area contributed by atoms with Gasteiger partial charge in [-0.05, 0) is 37.5 Å². The summed E-state index contributed by atoms with van der Waals surface area (Å²) in [7, 11) is 0. The van der Waals surface area contributed by atoms with Gasteiger partial charge in [0, 0.05) is 24.8 Å². The van der Waals surface area contributed by atoms with Gasteiger partial charge in [-0.15, -0.1) is 0 Å². The minimum Gasteiger partial charge on any atom is -0.395 e. The zero-order chi connectivity index (χ0) is 15.2. The number of nitrogens with one attached hydrogen (secondary N) is 1. The molecule has 0 heterocycles. The van der Waals surface area contributed by atoms with Crippen molar-refractivity contribution >= 4 is 11.6 Å². The highest BCUT2D eigenvalue weighted by atomic mass is 16.3. The summed E-state index contributed by atoms with van der Waals surface area (Å²) in [4.78, 5) is 14.5. The lowest BCUT2D eigenvalue weighted by Gasteiger charge is -2.40. The largest absolute Gasteiger partial charge is 0.395 e. The van der Waals surface area contributed by atoms with Gasteiger partial charge in [-0.25, -0.2) is 0 Å². The molecule has 1 aliphatic rings. The van der Waals surface area contributed by atoms with E-state index in [0.717, 1.165) is 24.1 Å². The maximum absolute atomic E-state index is 12.4. The van der Waals surface area contributed by atoms with Crippen LogP contribution in [0.25, 0.3) is 0 Å². The molecule has 21 heavy (non-hydrogen) atoms. The van der Waals surface area contributed by atoms with Crippen LogP contribution in [0, 0.1) is 0 Å². The zero-order valence-electron chi connectivity index (χ0n) is 12.6. The third kappa shape index (κ3) is 4.03. The number of benzene rings is 1. The molecule has 0 aromatic heterocycles. The first-order valence-corrected chi connectivity index (χ1v) is 7.62. The van der Waals surface area contributed by atoms with E-state index in [9.17, 15) is 9.90 Å². The monoisotopic (exact) mass is 291 g/mol. The minimum absolute atomic E-state index is 0.0375. The lowest BCUT2D eigenvalue weighted by Crippen LogP contribution is -2.51. The van der Waals surface area contributed by atoms with Crippen LogP contribution < -0.4 is 11.1 Å². The van der Waals surface area contributed by atoms with Crippen molar-refractivity contribution < 1.29 is 9.90 Å². The molecule has 1 aromatic rings. The first-order valence-electron chi connectivity index (χ1n) is 7.62. The summed E-state index contributed by atoms with van der Waals surface area (Å²) in [6.07, 6.45) is 3.43. The molecule has 1 unspecified atom stereocenters. The van der Waals surface area contributed by atoms with Crippen LogP contribution in [0.2, 0.25) is 0 Å². The molecular formula is C16H25N3O2. The molecule has 1 atom stereocenters. The summed E-state index contributed by atoms with van der Waals surface area (Å²) in [5.74, 6) is -0.0375. The van der Waals surface area contributed by atoms with Crippen LogP contribution in [-0.2, 0) is 11.3 Å². The molecule has 1 amide bonds. The second-order valence-electron chi connectivity index (χ2n) is 5.62. The predicted molar refractivity (Wildman–Crippen MR) is 83.9 cm³/mol. The van der Waals surface area contributed by atoms with Gasteiger partial charge in [-0.3, -0.25) is 9.69 Å². The average molecular weight is 291 g/mol. The number of hydrogen-bond donors (Lipinski definition) is 3. The average Bonchev–Trinajstić information content (AvgIpc) is 2.44. The Labute approximate surface area is 126 Å². The first-order chi connectivity index (χ1) is 10.2. The third-order valence-electron chi connectivity index (χ3n) is 4.21. The van der Waals surface area contributed by atoms with Crippen LogP contribution in [0.3, 0.4) is 0 Å². The lowest BCUT2D eigenvalue weighted by atomic mass is 9.90. The van der Waals surface area contributed by atoms with E-state index in [-0.39, 0.29) is 18.6 Å². The molecule has 5 nitrogen and oxygen atoms in total. The number of amides is 1. The topological polar surface area (TPSA) is 78.6 Å². The van der Waals surface area contributed by atoms with Gasteiger partial charge in [0.1, 0.15) is 0 Å². The van der Waals surface area contributed by atoms with Gasteiger partial charge >= 0.3 is 0 Å². The summed E-state index contributed by atoms with van der Waals surface area (Å²) < 4.78 is 0. The Morgan fingerprint density at radius 2 is 2.29 bits per heavy atom. The van der Waals surface area contributed by atoms with E-state index >= 15 is 0 Å². The Morgan fingerprint density at radius 1 is 1.52 bits per heavy atom. The summed E-state index contributed by atoms with van der Waals surface area (Å²) in [6.45, 7) is 2.98. The molecule has 0 spiro atoms. The Hall–Kier alpha value is -1.43. The standard InChI is InChI=1S/C16H25N3O2/c1-12(19(8-9-20)15-6-3-7-15)16(21)18-14-5-2-4-13(10-14)11-17/h2,4-5,10,12,15,20H,3,6-9,11,17H2,1H3,(H,18,21). The summed E-state index contributed by atoms with van der Waals surface area (Å²) in [5.41, 5.74) is 7.38. The first kappa shape index (κ1) is 15.9. The Balaban J connectivity index is 1.99. The van der Waals surface area contributed by atoms with E-state index < -0.39 is 0 Å². The van der Waals surface area contributed by atoms with E-state index in [0.29, 0.717) is 19.1 Å². The summed E-state index contributed by atoms with van der Waals surface area (Å²) in [5, 5.41) is 12.1. The van der Waals surface area contributed by atoms with E-state index in [2.05, 4.69) is 10.2 Å². The number of carbonyl (C=O) groups excluding carboxylic acids is 1. The van der Waals surface area contributed by atoms with Gasteiger partial charge in [0.2, 0.25) is 5.91 Å². The molecular weight excluding hydrogens is 266 g/mol. The van der Waals surface area contributed by atoms with Gasteiger partial charge in [0.05, 0.1) is 12.6 Å². The van der Waals surface area contributed by atoms with Crippen molar-refractivity contribution in [1.82, 2.24) is 4.90 Å². The highest BCUT2D eigenvalue weighted by Crippen LogP contribution is 2.26. The highest BCUT2D eigenvalue weighted by Gasteiger charge is 2.31. The normalized spacial score (nSPS) is 16.6. The van der Waals surface area contributed by atoms with Gasteiger partial charge in [0.15, 0.2) is 0 Å². The quantitative estimate of drug-likeness (QED) is 0.708. The van der Waals surface area contributed by atoms with Crippen molar-refractivity contribution in [2.45, 2.75) is 44.8 Å². The molecule has 1 aliphatic carbocycles. The molecule has 1 aromatic carbocycles. The van der Waals surface area contributed by atoms with Gasteiger partial charge in [0.25, 0.3) is 0 Å².